The van der Waals surface area contributed by atoms with E-state index in [1.165, 1.54) is 11.0 Å². The first-order chi connectivity index (χ1) is 9.97. The van der Waals surface area contributed by atoms with Crippen molar-refractivity contribution in [2.45, 2.75) is 6.92 Å². The molecule has 0 saturated carbocycles. The second kappa shape index (κ2) is 6.41. The van der Waals surface area contributed by atoms with E-state index in [-0.39, 0.29) is 0 Å². The first kappa shape index (κ1) is 15.1. The van der Waals surface area contributed by atoms with Crippen molar-refractivity contribution in [2.24, 2.45) is 0 Å². The molecule has 0 aliphatic carbocycles. The van der Waals surface area contributed by atoms with Gasteiger partial charge in [-0.15, -0.1) is 0 Å². The van der Waals surface area contributed by atoms with Gasteiger partial charge in [-0.25, -0.2) is 0 Å². The van der Waals surface area contributed by atoms with Crippen LogP contribution in [0.25, 0.3) is 0 Å². The Balaban J connectivity index is 2.41. The molecule has 0 atom stereocenters. The van der Waals surface area contributed by atoms with Gasteiger partial charge in [0.2, 0.25) is 0 Å². The first-order valence-corrected chi connectivity index (χ1v) is 6.71. The summed E-state index contributed by atoms with van der Waals surface area (Å²) in [5.74, 6) is -1.47. The number of nitrogens with zero attached hydrogens (tertiary/aromatic N) is 1. The number of carboxylic acids is 1. The zero-order chi connectivity index (χ0) is 15.4. The molecule has 108 valence electrons. The average molecular weight is 304 g/mol. The highest BCUT2D eigenvalue weighted by atomic mass is 35.5. The van der Waals surface area contributed by atoms with E-state index in [9.17, 15) is 9.59 Å². The summed E-state index contributed by atoms with van der Waals surface area (Å²) in [6, 6.07) is 13.7. The molecule has 0 bridgehead atoms. The molecule has 0 fully saturated rings. The van der Waals surface area contributed by atoms with Crippen molar-refractivity contribution in [3.63, 3.8) is 0 Å². The van der Waals surface area contributed by atoms with Crippen LogP contribution in [0.3, 0.4) is 0 Å². The van der Waals surface area contributed by atoms with Gasteiger partial charge in [0.15, 0.2) is 0 Å². The topological polar surface area (TPSA) is 57.6 Å². The number of rotatable bonds is 4. The summed E-state index contributed by atoms with van der Waals surface area (Å²) in [6.45, 7) is 1.42. The van der Waals surface area contributed by atoms with Crippen LogP contribution in [0, 0.1) is 6.92 Å². The van der Waals surface area contributed by atoms with Gasteiger partial charge in [0, 0.05) is 16.3 Å². The lowest BCUT2D eigenvalue weighted by atomic mass is 10.1. The minimum Gasteiger partial charge on any atom is -0.480 e. The maximum Gasteiger partial charge on any atom is 0.323 e. The van der Waals surface area contributed by atoms with Crippen molar-refractivity contribution in [1.82, 2.24) is 0 Å². The van der Waals surface area contributed by atoms with E-state index in [2.05, 4.69) is 0 Å². The smallest absolute Gasteiger partial charge is 0.323 e. The summed E-state index contributed by atoms with van der Waals surface area (Å²) in [5, 5.41) is 9.48. The highest BCUT2D eigenvalue weighted by Gasteiger charge is 2.20. The van der Waals surface area contributed by atoms with Gasteiger partial charge in [-0.2, -0.15) is 0 Å². The van der Waals surface area contributed by atoms with E-state index in [4.69, 9.17) is 16.7 Å². The number of carboxylic acid groups (broad SMARTS) is 1. The molecular weight excluding hydrogens is 290 g/mol. The third kappa shape index (κ3) is 3.83. The molecule has 0 aliphatic heterocycles. The molecule has 5 heteroatoms. The van der Waals surface area contributed by atoms with E-state index in [1.807, 2.05) is 6.92 Å². The predicted octanol–water partition coefficient (Wildman–Crippen LogP) is 3.38. The Morgan fingerprint density at radius 3 is 2.38 bits per heavy atom. The van der Waals surface area contributed by atoms with Crippen LogP contribution < -0.4 is 4.90 Å². The van der Waals surface area contributed by atoms with Gasteiger partial charge in [0.1, 0.15) is 6.54 Å². The lowest BCUT2D eigenvalue weighted by Gasteiger charge is -2.21. The summed E-state index contributed by atoms with van der Waals surface area (Å²) < 4.78 is 0. The van der Waals surface area contributed by atoms with Gasteiger partial charge in [-0.1, -0.05) is 29.8 Å². The fraction of sp³-hybridized carbons (Fsp3) is 0.125. The fourth-order valence-electron chi connectivity index (χ4n) is 2.04. The van der Waals surface area contributed by atoms with Crippen LogP contribution in [-0.4, -0.2) is 23.5 Å². The molecule has 0 aromatic heterocycles. The summed E-state index contributed by atoms with van der Waals surface area (Å²) in [4.78, 5) is 24.8. The van der Waals surface area contributed by atoms with E-state index >= 15 is 0 Å². The summed E-state index contributed by atoms with van der Waals surface area (Å²) >= 11 is 5.96. The van der Waals surface area contributed by atoms with Crippen molar-refractivity contribution >= 4 is 29.2 Å². The number of benzene rings is 2. The molecule has 2 rings (SSSR count). The van der Waals surface area contributed by atoms with E-state index in [0.29, 0.717) is 16.3 Å². The Bertz CT molecular complexity index is 650. The molecule has 2 aromatic rings. The molecule has 0 saturated heterocycles. The minimum absolute atomic E-state index is 0.366. The normalized spacial score (nSPS) is 10.2. The third-order valence-corrected chi connectivity index (χ3v) is 3.11. The molecule has 0 heterocycles. The monoisotopic (exact) mass is 303 g/mol. The Kier molecular flexibility index (Phi) is 4.60. The number of anilines is 1. The number of aryl methyl sites for hydroxylation is 1. The number of para-hydroxylation sites is 1. The Morgan fingerprint density at radius 1 is 1.14 bits per heavy atom. The lowest BCUT2D eigenvalue weighted by Crippen LogP contribution is -2.35. The molecule has 2 aromatic carbocycles. The Hall–Kier alpha value is -2.33. The van der Waals surface area contributed by atoms with E-state index in [0.717, 1.165) is 5.56 Å². The average Bonchev–Trinajstić information content (AvgIpc) is 2.44. The van der Waals surface area contributed by atoms with Gasteiger partial charge in [0.05, 0.1) is 0 Å². The highest BCUT2D eigenvalue weighted by molar-refractivity contribution is 6.31. The summed E-state index contributed by atoms with van der Waals surface area (Å²) in [6.07, 6.45) is 0. The number of hydrogen-bond donors (Lipinski definition) is 1. The second-order valence-corrected chi connectivity index (χ2v) is 5.07. The molecule has 4 nitrogen and oxygen atoms in total. The predicted molar refractivity (Wildman–Crippen MR) is 81.9 cm³/mol. The van der Waals surface area contributed by atoms with Gasteiger partial charge in [0.25, 0.3) is 5.91 Å². The van der Waals surface area contributed by atoms with Crippen molar-refractivity contribution in [3.8, 4) is 0 Å². The van der Waals surface area contributed by atoms with Crippen LogP contribution in [0.1, 0.15) is 15.9 Å². The highest BCUT2D eigenvalue weighted by Crippen LogP contribution is 2.20. The van der Waals surface area contributed by atoms with Gasteiger partial charge in [-0.05, 0) is 42.8 Å². The molecule has 0 aliphatic rings. The number of aliphatic carboxylic acids is 1. The molecule has 0 radical (unpaired) electrons. The zero-order valence-corrected chi connectivity index (χ0v) is 12.2. The van der Waals surface area contributed by atoms with Crippen LogP contribution in [0.5, 0.6) is 0 Å². The van der Waals surface area contributed by atoms with Crippen LogP contribution in [-0.2, 0) is 4.79 Å². The van der Waals surface area contributed by atoms with Crippen LogP contribution in [0.15, 0.2) is 48.5 Å². The molecular formula is C16H14ClNO3. The first-order valence-electron chi connectivity index (χ1n) is 6.33. The summed E-state index contributed by atoms with van der Waals surface area (Å²) in [5.41, 5.74) is 1.74. The molecule has 1 N–H and O–H groups in total. The van der Waals surface area contributed by atoms with Crippen molar-refractivity contribution in [2.75, 3.05) is 11.4 Å². The number of amides is 1. The lowest BCUT2D eigenvalue weighted by molar-refractivity contribution is -0.135. The standard InChI is InChI=1S/C16H14ClNO3/c1-11-7-12(9-13(17)8-11)16(21)18(10-15(19)20)14-5-3-2-4-6-14/h2-9H,10H2,1H3,(H,19,20). The fourth-order valence-corrected chi connectivity index (χ4v) is 2.33. The SMILES string of the molecule is Cc1cc(Cl)cc(C(=O)N(CC(=O)O)c2ccccc2)c1. The third-order valence-electron chi connectivity index (χ3n) is 2.90. The van der Waals surface area contributed by atoms with Crippen LogP contribution in [0.4, 0.5) is 5.69 Å². The number of carbonyl (C=O) groups is 2. The summed E-state index contributed by atoms with van der Waals surface area (Å²) in [7, 11) is 0. The largest absolute Gasteiger partial charge is 0.480 e. The number of carbonyl (C=O) groups excluding carboxylic acids is 1. The Morgan fingerprint density at radius 2 is 1.81 bits per heavy atom. The molecule has 1 amide bonds. The maximum atomic E-state index is 12.6. The van der Waals surface area contributed by atoms with Gasteiger partial charge in [-0.3, -0.25) is 14.5 Å². The minimum atomic E-state index is -1.08. The van der Waals surface area contributed by atoms with Gasteiger partial charge < -0.3 is 5.11 Å². The molecule has 0 unspecified atom stereocenters. The van der Waals surface area contributed by atoms with Crippen molar-refractivity contribution < 1.29 is 14.7 Å². The number of halogens is 1. The van der Waals surface area contributed by atoms with Gasteiger partial charge >= 0.3 is 5.97 Å². The quantitative estimate of drug-likeness (QED) is 0.942. The molecule has 21 heavy (non-hydrogen) atoms. The van der Waals surface area contributed by atoms with Crippen LogP contribution >= 0.6 is 11.6 Å². The molecule has 0 spiro atoms. The van der Waals surface area contributed by atoms with E-state index in [1.54, 1.807) is 42.5 Å². The van der Waals surface area contributed by atoms with E-state index < -0.39 is 18.4 Å². The maximum absolute atomic E-state index is 12.6. The van der Waals surface area contributed by atoms with Crippen molar-refractivity contribution in [1.29, 1.82) is 0 Å². The van der Waals surface area contributed by atoms with Crippen LogP contribution in [0.2, 0.25) is 5.02 Å². The second-order valence-electron chi connectivity index (χ2n) is 4.64. The zero-order valence-electron chi connectivity index (χ0n) is 11.4. The van der Waals surface area contributed by atoms with Crippen molar-refractivity contribution in [3.05, 3.63) is 64.7 Å². The number of hydrogen-bond acceptors (Lipinski definition) is 2. The Labute approximate surface area is 127 Å².